The van der Waals surface area contributed by atoms with Gasteiger partial charge in [-0.05, 0) is 76.9 Å². The van der Waals surface area contributed by atoms with Crippen molar-refractivity contribution in [3.05, 3.63) is 82.9 Å². The Kier molecular flexibility index (Phi) is 9.39. The molecule has 0 saturated heterocycles. The highest BCUT2D eigenvalue weighted by molar-refractivity contribution is 7.00. The number of nitrogens with zero attached hydrogens (tertiary/aromatic N) is 2. The summed E-state index contributed by atoms with van der Waals surface area (Å²) in [5, 5.41) is 10.5. The van der Waals surface area contributed by atoms with E-state index in [2.05, 4.69) is 8.75 Å². The lowest BCUT2D eigenvalue weighted by Crippen LogP contribution is -2.16. The molecule has 214 valence electrons. The number of hydrogen-bond acceptors (Lipinski definition) is 8. The highest BCUT2D eigenvalue weighted by Crippen LogP contribution is 2.42. The Morgan fingerprint density at radius 1 is 0.756 bits per heavy atom. The molecule has 0 radical (unpaired) electrons. The second-order valence-electron chi connectivity index (χ2n) is 10.4. The summed E-state index contributed by atoms with van der Waals surface area (Å²) >= 11 is 1.04. The zero-order valence-corrected chi connectivity index (χ0v) is 24.8. The Bertz CT molecular complexity index is 1540. The van der Waals surface area contributed by atoms with E-state index in [0.717, 1.165) is 11.7 Å². The van der Waals surface area contributed by atoms with Crippen LogP contribution in [-0.2, 0) is 11.2 Å². The van der Waals surface area contributed by atoms with Crippen molar-refractivity contribution in [2.24, 2.45) is 0 Å². The molecule has 0 amide bonds. The Balaban J connectivity index is 1.94. The lowest BCUT2D eigenvalue weighted by Gasteiger charge is -2.23. The van der Waals surface area contributed by atoms with Crippen LogP contribution < -0.4 is 14.2 Å². The highest BCUT2D eigenvalue weighted by atomic mass is 32.1. The molecule has 0 spiro atoms. The largest absolute Gasteiger partial charge is 0.487 e. The predicted octanol–water partition coefficient (Wildman–Crippen LogP) is 7.02. The molecule has 9 heteroatoms. The average Bonchev–Trinajstić information content (AvgIpc) is 3.37. The van der Waals surface area contributed by atoms with Gasteiger partial charge in [0, 0.05) is 17.6 Å². The lowest BCUT2D eigenvalue weighted by atomic mass is 9.89. The van der Waals surface area contributed by atoms with Crippen molar-refractivity contribution in [2.45, 2.75) is 66.3 Å². The molecule has 0 aliphatic carbocycles. The van der Waals surface area contributed by atoms with Crippen LogP contribution in [0.2, 0.25) is 0 Å². The summed E-state index contributed by atoms with van der Waals surface area (Å²) < 4.78 is 26.8. The zero-order valence-electron chi connectivity index (χ0n) is 24.0. The molecule has 0 fully saturated rings. The van der Waals surface area contributed by atoms with Crippen LogP contribution >= 0.6 is 11.7 Å². The molecule has 0 saturated carbocycles. The number of hydrogen-bond donors (Lipinski definition) is 1. The molecule has 4 aromatic rings. The topological polar surface area (TPSA) is 108 Å². The second-order valence-corrected chi connectivity index (χ2v) is 10.9. The maximum absolute atomic E-state index is 14.0. The highest BCUT2D eigenvalue weighted by Gasteiger charge is 2.26. The third-order valence-electron chi connectivity index (χ3n) is 5.91. The fraction of sp³-hybridized carbons (Fsp3) is 0.312. The van der Waals surface area contributed by atoms with Crippen LogP contribution in [0.4, 0.5) is 0 Å². The summed E-state index contributed by atoms with van der Waals surface area (Å²) in [6.07, 6.45) is -0.469. The molecule has 1 aromatic heterocycles. The van der Waals surface area contributed by atoms with Gasteiger partial charge >= 0.3 is 5.97 Å². The van der Waals surface area contributed by atoms with E-state index in [1.54, 1.807) is 60.7 Å². The molecular formula is C32H34N2O6S. The van der Waals surface area contributed by atoms with E-state index in [9.17, 15) is 14.7 Å². The Morgan fingerprint density at radius 2 is 1.34 bits per heavy atom. The van der Waals surface area contributed by atoms with Gasteiger partial charge in [0.05, 0.1) is 35.6 Å². The fourth-order valence-electron chi connectivity index (χ4n) is 4.38. The number of carbonyl (C=O) groups is 2. The second kappa shape index (κ2) is 13.0. The van der Waals surface area contributed by atoms with Crippen LogP contribution in [0.5, 0.6) is 17.2 Å². The number of Topliss-reactive ketones (excluding diaryl/α,β-unsaturated/α-hetero) is 1. The van der Waals surface area contributed by atoms with Gasteiger partial charge in [0.15, 0.2) is 17.3 Å². The third kappa shape index (κ3) is 7.29. The van der Waals surface area contributed by atoms with Gasteiger partial charge in [-0.2, -0.15) is 8.75 Å². The number of carbonyl (C=O) groups excluding carboxylic acids is 1. The molecule has 1 N–H and O–H groups in total. The standard InChI is InChI=1S/C32H34N2O6S/c1-18(2)38-27-15-21(16-28(39-19(3)4)31(27)40-20(5)6)14-24(30(35)22-10-8-7-9-11-22)29(32(36)37)23-12-13-25-26(17-23)34-41-33-25/h7-13,15-20H,14H2,1-6H3,(H,36,37)/b29-24+. The summed E-state index contributed by atoms with van der Waals surface area (Å²) in [7, 11) is 0. The van der Waals surface area contributed by atoms with Crippen molar-refractivity contribution in [1.82, 2.24) is 8.75 Å². The molecule has 0 aliphatic heterocycles. The molecule has 8 nitrogen and oxygen atoms in total. The van der Waals surface area contributed by atoms with Gasteiger partial charge in [-0.3, -0.25) is 4.79 Å². The van der Waals surface area contributed by atoms with E-state index in [1.165, 1.54) is 0 Å². The maximum atomic E-state index is 14.0. The molecule has 0 unspecified atom stereocenters. The van der Waals surface area contributed by atoms with Crippen LogP contribution in [0.25, 0.3) is 16.6 Å². The first kappa shape index (κ1) is 29.7. The number of fused-ring (bicyclic) bond motifs is 1. The first-order valence-corrected chi connectivity index (χ1v) is 14.2. The van der Waals surface area contributed by atoms with Crippen LogP contribution in [0.3, 0.4) is 0 Å². The number of ether oxygens (including phenoxy) is 3. The van der Waals surface area contributed by atoms with Gasteiger partial charge in [-0.15, -0.1) is 0 Å². The fourth-order valence-corrected chi connectivity index (χ4v) is 4.90. The number of aromatic nitrogens is 2. The molecule has 3 aromatic carbocycles. The van der Waals surface area contributed by atoms with Crippen LogP contribution in [0, 0.1) is 0 Å². The first-order valence-electron chi connectivity index (χ1n) is 13.5. The van der Waals surface area contributed by atoms with Crippen LogP contribution in [0.1, 0.15) is 63.0 Å². The van der Waals surface area contributed by atoms with Gasteiger partial charge < -0.3 is 19.3 Å². The van der Waals surface area contributed by atoms with Crippen molar-refractivity contribution in [2.75, 3.05) is 0 Å². The molecule has 0 aliphatic rings. The number of aliphatic carboxylic acids is 1. The Morgan fingerprint density at radius 3 is 1.90 bits per heavy atom. The number of carboxylic acids is 1. The van der Waals surface area contributed by atoms with Crippen molar-refractivity contribution in [3.63, 3.8) is 0 Å². The minimum Gasteiger partial charge on any atom is -0.487 e. The monoisotopic (exact) mass is 574 g/mol. The number of rotatable bonds is 12. The van der Waals surface area contributed by atoms with Gasteiger partial charge in [-0.25, -0.2) is 4.79 Å². The van der Waals surface area contributed by atoms with E-state index >= 15 is 0 Å². The van der Waals surface area contributed by atoms with E-state index < -0.39 is 5.97 Å². The molecular weight excluding hydrogens is 540 g/mol. The summed E-state index contributed by atoms with van der Waals surface area (Å²) in [4.78, 5) is 26.8. The summed E-state index contributed by atoms with van der Waals surface area (Å²) in [5.41, 5.74) is 2.63. The smallest absolute Gasteiger partial charge is 0.336 e. The number of carboxylic acid groups (broad SMARTS) is 1. The minimum atomic E-state index is -1.22. The lowest BCUT2D eigenvalue weighted by molar-refractivity contribution is -0.130. The quantitative estimate of drug-likeness (QED) is 0.142. The van der Waals surface area contributed by atoms with Gasteiger partial charge in [0.25, 0.3) is 0 Å². The SMILES string of the molecule is CC(C)Oc1cc(C/C(C(=O)c2ccccc2)=C(\C(=O)O)c2ccc3nsnc3c2)cc(OC(C)C)c1OC(C)C. The van der Waals surface area contributed by atoms with E-state index in [-0.39, 0.29) is 41.7 Å². The van der Waals surface area contributed by atoms with Crippen molar-refractivity contribution >= 4 is 40.1 Å². The summed E-state index contributed by atoms with van der Waals surface area (Å²) in [6.45, 7) is 11.5. The molecule has 0 atom stereocenters. The Hall–Kier alpha value is -4.24. The maximum Gasteiger partial charge on any atom is 0.336 e. The molecule has 4 rings (SSSR count). The molecule has 41 heavy (non-hydrogen) atoms. The van der Waals surface area contributed by atoms with Gasteiger partial charge in [-0.1, -0.05) is 36.4 Å². The summed E-state index contributed by atoms with van der Waals surface area (Å²) in [6, 6.07) is 17.3. The normalized spacial score (nSPS) is 12.1. The van der Waals surface area contributed by atoms with E-state index in [0.29, 0.717) is 45.0 Å². The Labute approximate surface area is 243 Å². The zero-order chi connectivity index (χ0) is 29.7. The number of ketones is 1. The molecule has 1 heterocycles. The van der Waals surface area contributed by atoms with Crippen molar-refractivity contribution in [3.8, 4) is 17.2 Å². The number of allylic oxidation sites excluding steroid dienone is 1. The van der Waals surface area contributed by atoms with Crippen molar-refractivity contribution < 1.29 is 28.9 Å². The third-order valence-corrected chi connectivity index (χ3v) is 6.47. The van der Waals surface area contributed by atoms with E-state index in [4.69, 9.17) is 14.2 Å². The van der Waals surface area contributed by atoms with Crippen LogP contribution in [0.15, 0.2) is 66.2 Å². The van der Waals surface area contributed by atoms with Gasteiger partial charge in [0.2, 0.25) is 5.75 Å². The van der Waals surface area contributed by atoms with E-state index in [1.807, 2.05) is 41.5 Å². The molecule has 0 bridgehead atoms. The average molecular weight is 575 g/mol. The van der Waals surface area contributed by atoms with Crippen LogP contribution in [-0.4, -0.2) is 43.9 Å². The first-order chi connectivity index (χ1) is 19.5. The van der Waals surface area contributed by atoms with Crippen molar-refractivity contribution in [1.29, 1.82) is 0 Å². The summed E-state index contributed by atoms with van der Waals surface area (Å²) in [5.74, 6) is -0.227. The minimum absolute atomic E-state index is 0.00752. The number of benzene rings is 3. The van der Waals surface area contributed by atoms with Gasteiger partial charge in [0.1, 0.15) is 11.0 Å². The predicted molar refractivity (Wildman–Crippen MR) is 160 cm³/mol.